The molecule has 1 saturated heterocycles. The Hall–Kier alpha value is 1.19. The van der Waals surface area contributed by atoms with E-state index in [1.807, 2.05) is 0 Å². The first-order valence-corrected chi connectivity index (χ1v) is 5.24. The lowest BCUT2D eigenvalue weighted by atomic mass is 10.5. The van der Waals surface area contributed by atoms with Crippen LogP contribution in [0, 0.1) is 0 Å². The number of rotatable bonds is 1. The summed E-state index contributed by atoms with van der Waals surface area (Å²) < 4.78 is 0.936. The van der Waals surface area contributed by atoms with Gasteiger partial charge in [-0.25, -0.2) is 0 Å². The van der Waals surface area contributed by atoms with E-state index in [9.17, 15) is 0 Å². The first-order chi connectivity index (χ1) is 4.72. The van der Waals surface area contributed by atoms with Crippen LogP contribution in [-0.4, -0.2) is 21.8 Å². The summed E-state index contributed by atoms with van der Waals surface area (Å²) in [6.45, 7) is 0. The summed E-state index contributed by atoms with van der Waals surface area (Å²) in [6, 6.07) is 0. The van der Waals surface area contributed by atoms with E-state index < -0.39 is 0 Å². The number of hydrogen-bond acceptors (Lipinski definition) is 3. The van der Waals surface area contributed by atoms with Crippen molar-refractivity contribution in [3.63, 3.8) is 0 Å². The molecule has 2 unspecified atom stereocenters. The molecule has 3 N–H and O–H groups in total. The molecule has 0 aromatic rings. The molecule has 2 atom stereocenters. The predicted octanol–water partition coefficient (Wildman–Crippen LogP) is 0.575. The normalized spacial score (nSPS) is 41.7. The zero-order valence-electron chi connectivity index (χ0n) is 5.07. The Morgan fingerprint density at radius 2 is 1.60 bits per heavy atom. The van der Waals surface area contributed by atoms with E-state index in [2.05, 4.69) is 38.5 Å². The first-order valence-electron chi connectivity index (χ1n) is 2.84. The largest absolute Gasteiger partial charge is 0.273 e. The molecule has 1 rings (SSSR count). The molecule has 6 heteroatoms. The third-order valence-electron chi connectivity index (χ3n) is 1.14. The van der Waals surface area contributed by atoms with Gasteiger partial charge in [0.05, 0.1) is 6.17 Å². The third kappa shape index (κ3) is 2.67. The van der Waals surface area contributed by atoms with E-state index in [-0.39, 0.29) is 17.4 Å². The van der Waals surface area contributed by atoms with Crippen molar-refractivity contribution < 1.29 is 0 Å². The molecule has 0 bridgehead atoms. The van der Waals surface area contributed by atoms with Gasteiger partial charge in [-0.2, -0.15) is 0 Å². The summed E-state index contributed by atoms with van der Waals surface area (Å²) in [5.74, 6) is 0. The molecule has 1 heterocycles. The van der Waals surface area contributed by atoms with Crippen molar-refractivity contribution in [2.45, 2.75) is 17.4 Å². The van der Waals surface area contributed by atoms with E-state index in [0.717, 1.165) is 4.43 Å². The Labute approximate surface area is 83.3 Å². The molecule has 1 fully saturated rings. The lowest BCUT2D eigenvalue weighted by Crippen LogP contribution is -2.64. The maximum absolute atomic E-state index is 5.74. The number of halogens is 3. The molecule has 0 aliphatic carbocycles. The molecule has 10 heavy (non-hydrogen) atoms. The summed E-state index contributed by atoms with van der Waals surface area (Å²) >= 11 is 13.7. The molecular formula is C4H8Cl2IN3. The minimum Gasteiger partial charge on any atom is -0.273 e. The van der Waals surface area contributed by atoms with Crippen LogP contribution < -0.4 is 16.0 Å². The summed E-state index contributed by atoms with van der Waals surface area (Å²) in [5, 5.41) is 8.94. The van der Waals surface area contributed by atoms with Crippen molar-refractivity contribution in [1.82, 2.24) is 16.0 Å². The maximum Gasteiger partial charge on any atom is 0.138 e. The second-order valence-corrected chi connectivity index (χ2v) is 3.69. The van der Waals surface area contributed by atoms with Gasteiger partial charge in [-0.1, -0.05) is 45.8 Å². The highest BCUT2D eigenvalue weighted by Gasteiger charge is 2.22. The summed E-state index contributed by atoms with van der Waals surface area (Å²) in [5.41, 5.74) is -0.466. The quantitative estimate of drug-likeness (QED) is 0.376. The molecular weight excluding hydrogens is 288 g/mol. The van der Waals surface area contributed by atoms with Crippen LogP contribution in [0.25, 0.3) is 0 Å². The fourth-order valence-corrected chi connectivity index (χ4v) is 1.84. The lowest BCUT2D eigenvalue weighted by molar-refractivity contribution is 0.313. The van der Waals surface area contributed by atoms with Crippen LogP contribution >= 0.6 is 45.8 Å². The smallest absolute Gasteiger partial charge is 0.138 e. The average Bonchev–Trinajstić information content (AvgIpc) is 1.85. The average molecular weight is 296 g/mol. The van der Waals surface area contributed by atoms with Gasteiger partial charge in [-0.05, 0) is 0 Å². The van der Waals surface area contributed by atoms with Crippen LogP contribution in [0.15, 0.2) is 0 Å². The SMILES string of the molecule is ClC1NC(Cl)NC(CI)N1. The zero-order chi connectivity index (χ0) is 7.56. The minimum atomic E-state index is -0.233. The zero-order valence-corrected chi connectivity index (χ0v) is 8.74. The Morgan fingerprint density at radius 1 is 1.10 bits per heavy atom. The van der Waals surface area contributed by atoms with Gasteiger partial charge >= 0.3 is 0 Å². The van der Waals surface area contributed by atoms with Crippen molar-refractivity contribution in [2.75, 3.05) is 4.43 Å². The summed E-state index contributed by atoms with van der Waals surface area (Å²) in [7, 11) is 0. The molecule has 3 nitrogen and oxygen atoms in total. The molecule has 0 aromatic carbocycles. The van der Waals surface area contributed by atoms with E-state index in [1.165, 1.54) is 0 Å². The Balaban J connectivity index is 2.35. The van der Waals surface area contributed by atoms with Gasteiger partial charge < -0.3 is 0 Å². The van der Waals surface area contributed by atoms with E-state index in [1.54, 1.807) is 0 Å². The van der Waals surface area contributed by atoms with Gasteiger partial charge in [0.1, 0.15) is 11.2 Å². The summed E-state index contributed by atoms with van der Waals surface area (Å²) in [4.78, 5) is 0. The first kappa shape index (κ1) is 9.28. The van der Waals surface area contributed by atoms with Crippen LogP contribution in [0.5, 0.6) is 0 Å². The van der Waals surface area contributed by atoms with Crippen molar-refractivity contribution >= 4 is 45.8 Å². The Bertz CT molecular complexity index is 105. The molecule has 0 radical (unpaired) electrons. The standard InChI is InChI=1S/C4H8Cl2IN3/c5-3-8-2(1-7)9-4(6)10-3/h2-4,8-10H,1H2. The van der Waals surface area contributed by atoms with Gasteiger partial charge in [-0.15, -0.1) is 0 Å². The highest BCUT2D eigenvalue weighted by atomic mass is 127. The Kier molecular flexibility index (Phi) is 3.97. The number of hydrogen-bond donors (Lipinski definition) is 3. The van der Waals surface area contributed by atoms with Crippen LogP contribution in [-0.2, 0) is 0 Å². The van der Waals surface area contributed by atoms with Gasteiger partial charge in [-0.3, -0.25) is 16.0 Å². The second-order valence-electron chi connectivity index (χ2n) is 1.93. The van der Waals surface area contributed by atoms with Gasteiger partial charge in [0.2, 0.25) is 0 Å². The molecule has 0 spiro atoms. The number of nitrogens with one attached hydrogen (secondary N) is 3. The molecule has 60 valence electrons. The van der Waals surface area contributed by atoms with Crippen LogP contribution in [0.3, 0.4) is 0 Å². The van der Waals surface area contributed by atoms with Gasteiger partial charge in [0.25, 0.3) is 0 Å². The topological polar surface area (TPSA) is 36.1 Å². The summed E-state index contributed by atoms with van der Waals surface area (Å²) in [6.07, 6.45) is 0.201. The second kappa shape index (κ2) is 4.27. The maximum atomic E-state index is 5.74. The van der Waals surface area contributed by atoms with Crippen LogP contribution in [0.2, 0.25) is 0 Å². The Morgan fingerprint density at radius 3 is 2.00 bits per heavy atom. The van der Waals surface area contributed by atoms with Crippen molar-refractivity contribution in [2.24, 2.45) is 0 Å². The third-order valence-corrected chi connectivity index (χ3v) is 2.53. The molecule has 0 saturated carbocycles. The van der Waals surface area contributed by atoms with Crippen LogP contribution in [0.4, 0.5) is 0 Å². The minimum absolute atomic E-state index is 0.201. The van der Waals surface area contributed by atoms with Crippen molar-refractivity contribution in [1.29, 1.82) is 0 Å². The fraction of sp³-hybridized carbons (Fsp3) is 1.00. The van der Waals surface area contributed by atoms with E-state index in [0.29, 0.717) is 0 Å². The van der Waals surface area contributed by atoms with Crippen LogP contribution in [0.1, 0.15) is 0 Å². The monoisotopic (exact) mass is 295 g/mol. The number of alkyl halides is 3. The molecule has 1 aliphatic heterocycles. The van der Waals surface area contributed by atoms with Gasteiger partial charge in [0, 0.05) is 4.43 Å². The molecule has 0 amide bonds. The van der Waals surface area contributed by atoms with Crippen molar-refractivity contribution in [3.8, 4) is 0 Å². The van der Waals surface area contributed by atoms with Gasteiger partial charge in [0.15, 0.2) is 0 Å². The fourth-order valence-electron chi connectivity index (χ4n) is 0.715. The highest BCUT2D eigenvalue weighted by molar-refractivity contribution is 14.1. The predicted molar refractivity (Wildman–Crippen MR) is 51.4 cm³/mol. The van der Waals surface area contributed by atoms with E-state index in [4.69, 9.17) is 23.2 Å². The lowest BCUT2D eigenvalue weighted by Gasteiger charge is -2.31. The van der Waals surface area contributed by atoms with E-state index >= 15 is 0 Å². The molecule has 0 aromatic heterocycles. The van der Waals surface area contributed by atoms with Crippen molar-refractivity contribution in [3.05, 3.63) is 0 Å². The highest BCUT2D eigenvalue weighted by Crippen LogP contribution is 2.02. The molecule has 1 aliphatic rings.